The number of allylic oxidation sites excluding steroid dienone is 2. The summed E-state index contributed by atoms with van der Waals surface area (Å²) in [4.78, 5) is 0. The Bertz CT molecular complexity index is 379. The lowest BCUT2D eigenvalue weighted by Gasteiger charge is -2.39. The Balaban J connectivity index is 1.38. The highest BCUT2D eigenvalue weighted by atomic mass is 19.1. The lowest BCUT2D eigenvalue weighted by molar-refractivity contribution is -0.230. The van der Waals surface area contributed by atoms with Gasteiger partial charge in [-0.2, -0.15) is 0 Å². The molecule has 0 amide bonds. The third kappa shape index (κ3) is 4.79. The van der Waals surface area contributed by atoms with Gasteiger partial charge in [0, 0.05) is 11.8 Å². The predicted octanol–water partition coefficient (Wildman–Crippen LogP) is 5.63. The molecule has 3 rings (SSSR count). The Morgan fingerprint density at radius 1 is 1.00 bits per heavy atom. The summed E-state index contributed by atoms with van der Waals surface area (Å²) in [5, 5.41) is 0. The first kappa shape index (κ1) is 17.4. The van der Waals surface area contributed by atoms with Gasteiger partial charge in [-0.3, -0.25) is 0 Å². The molecule has 3 aliphatic rings. The second kappa shape index (κ2) is 8.62. The summed E-state index contributed by atoms with van der Waals surface area (Å²) in [6, 6.07) is 0. The van der Waals surface area contributed by atoms with Gasteiger partial charge in [-0.25, -0.2) is 4.39 Å². The molecule has 2 aliphatic carbocycles. The van der Waals surface area contributed by atoms with Gasteiger partial charge in [0.1, 0.15) is 0 Å². The van der Waals surface area contributed by atoms with E-state index < -0.39 is 0 Å². The SMILES string of the molecule is CCCC[C@H]1CO[C@H]([C@H]2CC[C@H](C3CC=C(F)CC3)CC2)OC1. The topological polar surface area (TPSA) is 18.5 Å². The molecule has 0 spiro atoms. The molecule has 132 valence electrons. The molecule has 2 nitrogen and oxygen atoms in total. The molecule has 0 aromatic carbocycles. The molecule has 3 heteroatoms. The van der Waals surface area contributed by atoms with Crippen LogP contribution < -0.4 is 0 Å². The molecule has 1 saturated heterocycles. The molecule has 1 aliphatic heterocycles. The van der Waals surface area contributed by atoms with Crippen LogP contribution in [0, 0.1) is 23.7 Å². The van der Waals surface area contributed by atoms with E-state index in [9.17, 15) is 4.39 Å². The van der Waals surface area contributed by atoms with Gasteiger partial charge in [0.15, 0.2) is 6.29 Å². The summed E-state index contributed by atoms with van der Waals surface area (Å²) in [5.41, 5.74) is 0. The highest BCUT2D eigenvalue weighted by Gasteiger charge is 2.34. The minimum Gasteiger partial charge on any atom is -0.352 e. The number of ether oxygens (including phenoxy) is 2. The number of hydrogen-bond acceptors (Lipinski definition) is 2. The van der Waals surface area contributed by atoms with E-state index in [1.54, 1.807) is 0 Å². The van der Waals surface area contributed by atoms with Crippen LogP contribution in [0.3, 0.4) is 0 Å². The third-order valence-corrected chi connectivity index (χ3v) is 6.22. The van der Waals surface area contributed by atoms with E-state index in [0.717, 1.165) is 32.0 Å². The van der Waals surface area contributed by atoms with Crippen molar-refractivity contribution in [3.8, 4) is 0 Å². The number of unbranched alkanes of at least 4 members (excludes halogenated alkanes) is 1. The number of hydrogen-bond donors (Lipinski definition) is 0. The summed E-state index contributed by atoms with van der Waals surface area (Å²) in [6.07, 6.45) is 13.3. The van der Waals surface area contributed by atoms with Crippen molar-refractivity contribution in [1.82, 2.24) is 0 Å². The van der Waals surface area contributed by atoms with Gasteiger partial charge in [-0.15, -0.1) is 0 Å². The van der Waals surface area contributed by atoms with Gasteiger partial charge in [-0.1, -0.05) is 25.8 Å². The Kier molecular flexibility index (Phi) is 6.52. The van der Waals surface area contributed by atoms with E-state index in [4.69, 9.17) is 9.47 Å². The smallest absolute Gasteiger partial charge is 0.160 e. The van der Waals surface area contributed by atoms with E-state index in [-0.39, 0.29) is 12.1 Å². The molecule has 0 radical (unpaired) electrons. The maximum atomic E-state index is 13.2. The van der Waals surface area contributed by atoms with Crippen molar-refractivity contribution in [2.45, 2.75) is 77.4 Å². The first-order valence-corrected chi connectivity index (χ1v) is 9.84. The standard InChI is InChI=1S/C20H33FO2/c1-2-3-4-15-13-22-20(23-14-15)18-7-5-16(6-8-18)17-9-11-19(21)12-10-17/h11,15-18,20H,2-10,12-14H2,1H3/t15-,16-,17?,18-,20-. The minimum atomic E-state index is 0.0394. The highest BCUT2D eigenvalue weighted by molar-refractivity contribution is 4.99. The van der Waals surface area contributed by atoms with Gasteiger partial charge < -0.3 is 9.47 Å². The van der Waals surface area contributed by atoms with Crippen molar-refractivity contribution in [3.05, 3.63) is 11.9 Å². The van der Waals surface area contributed by atoms with Gasteiger partial charge in [0.2, 0.25) is 0 Å². The summed E-state index contributed by atoms with van der Waals surface area (Å²) >= 11 is 0. The average molecular weight is 324 g/mol. The van der Waals surface area contributed by atoms with Crippen molar-refractivity contribution in [2.24, 2.45) is 23.7 Å². The van der Waals surface area contributed by atoms with Crippen LogP contribution in [0.2, 0.25) is 0 Å². The Labute approximate surface area is 140 Å². The molecule has 1 atom stereocenters. The quantitative estimate of drug-likeness (QED) is 0.653. The maximum absolute atomic E-state index is 13.2. The van der Waals surface area contributed by atoms with Gasteiger partial charge in [-0.05, 0) is 63.2 Å². The van der Waals surface area contributed by atoms with E-state index in [2.05, 4.69) is 6.92 Å². The van der Waals surface area contributed by atoms with Crippen LogP contribution in [0.25, 0.3) is 0 Å². The van der Waals surface area contributed by atoms with Crippen molar-refractivity contribution in [3.63, 3.8) is 0 Å². The molecule has 1 saturated carbocycles. The second-order valence-corrected chi connectivity index (χ2v) is 7.90. The highest BCUT2D eigenvalue weighted by Crippen LogP contribution is 2.41. The maximum Gasteiger partial charge on any atom is 0.160 e. The molecule has 1 heterocycles. The van der Waals surface area contributed by atoms with Gasteiger partial charge in [0.05, 0.1) is 19.0 Å². The molecule has 0 bridgehead atoms. The third-order valence-electron chi connectivity index (χ3n) is 6.22. The fourth-order valence-electron chi connectivity index (χ4n) is 4.63. The fraction of sp³-hybridized carbons (Fsp3) is 0.900. The molecule has 0 aromatic heterocycles. The summed E-state index contributed by atoms with van der Waals surface area (Å²) < 4.78 is 25.2. The lowest BCUT2D eigenvalue weighted by Crippen LogP contribution is -2.39. The predicted molar refractivity (Wildman–Crippen MR) is 90.7 cm³/mol. The van der Waals surface area contributed by atoms with E-state index >= 15 is 0 Å². The number of halogens is 1. The van der Waals surface area contributed by atoms with E-state index in [1.165, 1.54) is 44.9 Å². The Hall–Kier alpha value is -0.410. The first-order chi connectivity index (χ1) is 11.3. The molecule has 0 N–H and O–H groups in total. The molecule has 0 aromatic rings. The van der Waals surface area contributed by atoms with Crippen LogP contribution in [0.15, 0.2) is 11.9 Å². The molecular formula is C20H33FO2. The van der Waals surface area contributed by atoms with E-state index in [0.29, 0.717) is 24.2 Å². The van der Waals surface area contributed by atoms with Crippen LogP contribution in [-0.2, 0) is 9.47 Å². The molecule has 23 heavy (non-hydrogen) atoms. The lowest BCUT2D eigenvalue weighted by atomic mass is 9.72. The molecular weight excluding hydrogens is 291 g/mol. The van der Waals surface area contributed by atoms with Crippen LogP contribution in [0.1, 0.15) is 71.1 Å². The van der Waals surface area contributed by atoms with Crippen LogP contribution in [-0.4, -0.2) is 19.5 Å². The molecule has 2 fully saturated rings. The van der Waals surface area contributed by atoms with Crippen LogP contribution in [0.4, 0.5) is 4.39 Å². The van der Waals surface area contributed by atoms with Crippen molar-refractivity contribution in [1.29, 1.82) is 0 Å². The van der Waals surface area contributed by atoms with Crippen LogP contribution in [0.5, 0.6) is 0 Å². The van der Waals surface area contributed by atoms with Gasteiger partial charge >= 0.3 is 0 Å². The first-order valence-electron chi connectivity index (χ1n) is 9.84. The average Bonchev–Trinajstić information content (AvgIpc) is 2.61. The second-order valence-electron chi connectivity index (χ2n) is 7.90. The molecule has 1 unspecified atom stereocenters. The zero-order valence-electron chi connectivity index (χ0n) is 14.6. The fourth-order valence-corrected chi connectivity index (χ4v) is 4.63. The Morgan fingerprint density at radius 3 is 2.30 bits per heavy atom. The monoisotopic (exact) mass is 324 g/mol. The summed E-state index contributed by atoms with van der Waals surface area (Å²) in [7, 11) is 0. The largest absolute Gasteiger partial charge is 0.352 e. The van der Waals surface area contributed by atoms with Crippen molar-refractivity contribution in [2.75, 3.05) is 13.2 Å². The van der Waals surface area contributed by atoms with Gasteiger partial charge in [0.25, 0.3) is 0 Å². The zero-order valence-corrected chi connectivity index (χ0v) is 14.6. The normalized spacial score (nSPS) is 39.0. The summed E-state index contributed by atoms with van der Waals surface area (Å²) in [5.74, 6) is 2.79. The Morgan fingerprint density at radius 2 is 1.70 bits per heavy atom. The zero-order chi connectivity index (χ0) is 16.1. The van der Waals surface area contributed by atoms with E-state index in [1.807, 2.05) is 6.08 Å². The van der Waals surface area contributed by atoms with Crippen molar-refractivity contribution < 1.29 is 13.9 Å². The van der Waals surface area contributed by atoms with Crippen molar-refractivity contribution >= 4 is 0 Å². The summed E-state index contributed by atoms with van der Waals surface area (Å²) in [6.45, 7) is 4.01. The number of rotatable bonds is 5. The minimum absolute atomic E-state index is 0.0394. The van der Waals surface area contributed by atoms with Crippen LogP contribution >= 0.6 is 0 Å².